The molecule has 1 aliphatic rings. The van der Waals surface area contributed by atoms with Crippen molar-refractivity contribution in [2.24, 2.45) is 0 Å². The standard InChI is InChI=1S/C11H9F2NS/c1-7-8(2)15-6-14(7)11-9(12)4-3-5-10(11)13/h3-5H,1-2H3. The Morgan fingerprint density at radius 2 is 1.80 bits per heavy atom. The molecular formula is C11H9F2NS. The van der Waals surface area contributed by atoms with Crippen LogP contribution >= 0.6 is 11.8 Å². The van der Waals surface area contributed by atoms with Crippen LogP contribution in [-0.2, 0) is 0 Å². The molecule has 0 saturated heterocycles. The van der Waals surface area contributed by atoms with Crippen LogP contribution in [0.1, 0.15) is 13.8 Å². The van der Waals surface area contributed by atoms with Gasteiger partial charge in [0.25, 0.3) is 0 Å². The summed E-state index contributed by atoms with van der Waals surface area (Å²) in [5.41, 5.74) is 0.753. The maximum atomic E-state index is 13.4. The van der Waals surface area contributed by atoms with Gasteiger partial charge in [0.1, 0.15) is 17.3 Å². The minimum atomic E-state index is -0.572. The fourth-order valence-corrected chi connectivity index (χ4v) is 2.03. The molecule has 2 rings (SSSR count). The number of allylic oxidation sites excluding steroid dienone is 2. The van der Waals surface area contributed by atoms with Gasteiger partial charge < -0.3 is 4.90 Å². The van der Waals surface area contributed by atoms with Crippen LogP contribution in [0.4, 0.5) is 14.5 Å². The molecule has 1 aliphatic heterocycles. The van der Waals surface area contributed by atoms with Gasteiger partial charge in [-0.1, -0.05) is 17.8 Å². The van der Waals surface area contributed by atoms with Gasteiger partial charge in [0.05, 0.1) is 0 Å². The first kappa shape index (κ1) is 10.5. The van der Waals surface area contributed by atoms with E-state index in [4.69, 9.17) is 0 Å². The number of para-hydroxylation sites is 1. The zero-order chi connectivity index (χ0) is 11.0. The van der Waals surface area contributed by atoms with Crippen LogP contribution in [0.5, 0.6) is 0 Å². The van der Waals surface area contributed by atoms with Gasteiger partial charge in [-0.05, 0) is 26.0 Å². The highest BCUT2D eigenvalue weighted by Gasteiger charge is 2.25. The number of benzene rings is 1. The summed E-state index contributed by atoms with van der Waals surface area (Å²) in [6.07, 6.45) is 0. The molecule has 2 radical (unpaired) electrons. The zero-order valence-corrected chi connectivity index (χ0v) is 9.16. The molecule has 1 aromatic carbocycles. The molecule has 0 amide bonds. The highest BCUT2D eigenvalue weighted by Crippen LogP contribution is 2.40. The van der Waals surface area contributed by atoms with E-state index in [0.717, 1.165) is 10.6 Å². The number of halogens is 2. The smallest absolute Gasteiger partial charge is 0.169 e. The average molecular weight is 225 g/mol. The summed E-state index contributed by atoms with van der Waals surface area (Å²) in [6.45, 7) is 3.71. The molecule has 1 nitrogen and oxygen atoms in total. The predicted molar refractivity (Wildman–Crippen MR) is 58.0 cm³/mol. The Hall–Kier alpha value is -1.03. The summed E-state index contributed by atoms with van der Waals surface area (Å²) >= 11 is 1.35. The average Bonchev–Trinajstić information content (AvgIpc) is 2.49. The number of hydrogen-bond donors (Lipinski definition) is 0. The van der Waals surface area contributed by atoms with Crippen LogP contribution < -0.4 is 4.90 Å². The third-order valence-electron chi connectivity index (χ3n) is 2.30. The van der Waals surface area contributed by atoms with Crippen molar-refractivity contribution in [1.82, 2.24) is 0 Å². The van der Waals surface area contributed by atoms with Gasteiger partial charge in [-0.15, -0.1) is 0 Å². The second kappa shape index (κ2) is 3.85. The molecule has 4 heteroatoms. The summed E-state index contributed by atoms with van der Waals surface area (Å²) in [7, 11) is 0. The second-order valence-electron chi connectivity index (χ2n) is 3.24. The Labute approximate surface area is 91.8 Å². The van der Waals surface area contributed by atoms with Gasteiger partial charge in [-0.25, -0.2) is 8.78 Å². The largest absolute Gasteiger partial charge is 0.318 e. The Kier molecular flexibility index (Phi) is 2.69. The van der Waals surface area contributed by atoms with Crippen LogP contribution in [0.2, 0.25) is 0 Å². The second-order valence-corrected chi connectivity index (χ2v) is 4.24. The quantitative estimate of drug-likeness (QED) is 0.715. The van der Waals surface area contributed by atoms with Crippen LogP contribution in [0, 0.1) is 17.5 Å². The Morgan fingerprint density at radius 3 is 2.27 bits per heavy atom. The highest BCUT2D eigenvalue weighted by atomic mass is 32.2. The van der Waals surface area contributed by atoms with Crippen molar-refractivity contribution in [3.63, 3.8) is 0 Å². The van der Waals surface area contributed by atoms with Crippen molar-refractivity contribution in [1.29, 1.82) is 0 Å². The van der Waals surface area contributed by atoms with E-state index in [9.17, 15) is 8.78 Å². The third-order valence-corrected chi connectivity index (χ3v) is 3.17. The molecular weight excluding hydrogens is 216 g/mol. The van der Waals surface area contributed by atoms with Crippen LogP contribution in [-0.4, -0.2) is 0 Å². The van der Waals surface area contributed by atoms with Gasteiger partial charge in [0, 0.05) is 10.6 Å². The summed E-state index contributed by atoms with van der Waals surface area (Å²) in [5, 5.41) is 0. The van der Waals surface area contributed by atoms with Crippen molar-refractivity contribution in [3.05, 3.63) is 46.3 Å². The van der Waals surface area contributed by atoms with Crippen molar-refractivity contribution in [2.75, 3.05) is 4.90 Å². The van der Waals surface area contributed by atoms with Gasteiger partial charge in [0.2, 0.25) is 0 Å². The maximum absolute atomic E-state index is 13.4. The number of anilines is 1. The molecule has 0 atom stereocenters. The van der Waals surface area contributed by atoms with Crippen molar-refractivity contribution in [2.45, 2.75) is 13.8 Å². The molecule has 0 N–H and O–H groups in total. The number of nitrogens with zero attached hydrogens (tertiary/aromatic N) is 1. The van der Waals surface area contributed by atoms with E-state index >= 15 is 0 Å². The minimum Gasteiger partial charge on any atom is -0.318 e. The van der Waals surface area contributed by atoms with Crippen LogP contribution in [0.25, 0.3) is 0 Å². The first-order valence-corrected chi connectivity index (χ1v) is 5.27. The van der Waals surface area contributed by atoms with Gasteiger partial charge in [0.15, 0.2) is 5.88 Å². The third kappa shape index (κ3) is 1.74. The predicted octanol–water partition coefficient (Wildman–Crippen LogP) is 3.77. The summed E-state index contributed by atoms with van der Waals surface area (Å²) in [6, 6.07) is 3.83. The fourth-order valence-electron chi connectivity index (χ4n) is 1.33. The molecule has 0 fully saturated rings. The first-order chi connectivity index (χ1) is 7.11. The van der Waals surface area contributed by atoms with E-state index < -0.39 is 11.6 Å². The lowest BCUT2D eigenvalue weighted by atomic mass is 10.2. The topological polar surface area (TPSA) is 3.24 Å². The van der Waals surface area contributed by atoms with Crippen molar-refractivity contribution in [3.8, 4) is 0 Å². The molecule has 0 spiro atoms. The molecule has 0 aliphatic carbocycles. The Morgan fingerprint density at radius 1 is 1.20 bits per heavy atom. The van der Waals surface area contributed by atoms with Gasteiger partial charge in [-0.2, -0.15) is 0 Å². The molecule has 1 heterocycles. The zero-order valence-electron chi connectivity index (χ0n) is 8.34. The van der Waals surface area contributed by atoms with E-state index in [1.54, 1.807) is 0 Å². The van der Waals surface area contributed by atoms with Crippen LogP contribution in [0.3, 0.4) is 0 Å². The SMILES string of the molecule is CC1=C(C)N(c2c(F)cccc2F)[C]S1. The number of hydrogen-bond acceptors (Lipinski definition) is 2. The van der Waals surface area contributed by atoms with E-state index in [-0.39, 0.29) is 5.69 Å². The van der Waals surface area contributed by atoms with E-state index in [0.29, 0.717) is 0 Å². The minimum absolute atomic E-state index is 0.0562. The number of thioether (sulfide) groups is 1. The van der Waals surface area contributed by atoms with Crippen LogP contribution in [0.15, 0.2) is 28.8 Å². The van der Waals surface area contributed by atoms with E-state index in [1.165, 1.54) is 34.9 Å². The normalized spacial score (nSPS) is 16.4. The van der Waals surface area contributed by atoms with E-state index in [1.807, 2.05) is 13.8 Å². The molecule has 0 aromatic heterocycles. The Bertz CT molecular complexity index is 408. The van der Waals surface area contributed by atoms with Crippen molar-refractivity contribution < 1.29 is 8.78 Å². The van der Waals surface area contributed by atoms with Gasteiger partial charge >= 0.3 is 0 Å². The molecule has 0 unspecified atom stereocenters. The molecule has 15 heavy (non-hydrogen) atoms. The Balaban J connectivity index is 2.47. The monoisotopic (exact) mass is 225 g/mol. The molecule has 0 saturated carbocycles. The van der Waals surface area contributed by atoms with Crippen molar-refractivity contribution >= 4 is 17.4 Å². The fraction of sp³-hybridized carbons (Fsp3) is 0.182. The molecule has 0 bridgehead atoms. The first-order valence-electron chi connectivity index (χ1n) is 4.45. The molecule has 1 aromatic rings. The maximum Gasteiger partial charge on any atom is 0.169 e. The van der Waals surface area contributed by atoms with Gasteiger partial charge in [-0.3, -0.25) is 0 Å². The highest BCUT2D eigenvalue weighted by molar-refractivity contribution is 8.05. The summed E-state index contributed by atoms with van der Waals surface area (Å²) in [5.74, 6) is 1.71. The number of rotatable bonds is 1. The summed E-state index contributed by atoms with van der Waals surface area (Å²) < 4.78 is 26.9. The lowest BCUT2D eigenvalue weighted by Crippen LogP contribution is -2.15. The van der Waals surface area contributed by atoms with E-state index in [2.05, 4.69) is 5.88 Å². The lowest BCUT2D eigenvalue weighted by Gasteiger charge is -2.19. The lowest BCUT2D eigenvalue weighted by molar-refractivity contribution is 0.583. The molecule has 78 valence electrons. The summed E-state index contributed by atoms with van der Waals surface area (Å²) in [4.78, 5) is 2.42.